The van der Waals surface area contributed by atoms with Crippen molar-refractivity contribution in [2.45, 2.75) is 12.7 Å². The Hall–Kier alpha value is -3.11. The molecule has 0 saturated carbocycles. The van der Waals surface area contributed by atoms with E-state index < -0.39 is 16.8 Å². The van der Waals surface area contributed by atoms with Crippen molar-refractivity contribution < 1.29 is 22.9 Å². The highest BCUT2D eigenvalue weighted by Crippen LogP contribution is 2.27. The van der Waals surface area contributed by atoms with Gasteiger partial charge in [-0.1, -0.05) is 6.07 Å². The second-order valence-corrected chi connectivity index (χ2v) is 6.04. The summed E-state index contributed by atoms with van der Waals surface area (Å²) in [4.78, 5) is 26.2. The van der Waals surface area contributed by atoms with Crippen molar-refractivity contribution in [3.63, 3.8) is 0 Å². The predicted octanol–water partition coefficient (Wildman–Crippen LogP) is 2.16. The summed E-state index contributed by atoms with van der Waals surface area (Å²) in [5.41, 5.74) is -0.353. The van der Waals surface area contributed by atoms with Gasteiger partial charge < -0.3 is 9.80 Å². The average molecular weight is 383 g/mol. The third kappa shape index (κ3) is 4.36. The summed E-state index contributed by atoms with van der Waals surface area (Å²) in [5.74, 6) is -0.328. The zero-order valence-electron chi connectivity index (χ0n) is 14.1. The zero-order chi connectivity index (χ0) is 19.6. The lowest BCUT2D eigenvalue weighted by molar-refractivity contribution is -0.384. The van der Waals surface area contributed by atoms with Crippen LogP contribution in [0.3, 0.4) is 0 Å². The van der Waals surface area contributed by atoms with Gasteiger partial charge >= 0.3 is 6.18 Å². The number of carbonyl (C=O) groups excluding carboxylic acids is 1. The maximum Gasteiger partial charge on any atom is 0.435 e. The van der Waals surface area contributed by atoms with Crippen LogP contribution in [0.1, 0.15) is 5.69 Å². The van der Waals surface area contributed by atoms with E-state index in [0.717, 1.165) is 16.9 Å². The van der Waals surface area contributed by atoms with Crippen LogP contribution in [0.15, 0.2) is 36.5 Å². The second kappa shape index (κ2) is 7.25. The highest BCUT2D eigenvalue weighted by Gasteiger charge is 2.33. The molecule has 0 bridgehead atoms. The number of nitro groups is 1. The molecule has 11 heteroatoms. The molecule has 1 saturated heterocycles. The molecule has 144 valence electrons. The Morgan fingerprint density at radius 1 is 1.19 bits per heavy atom. The number of halogens is 3. The number of amides is 1. The molecule has 2 heterocycles. The van der Waals surface area contributed by atoms with Gasteiger partial charge in [0.05, 0.1) is 4.92 Å². The molecule has 0 radical (unpaired) electrons. The molecule has 1 amide bonds. The first-order valence-electron chi connectivity index (χ1n) is 8.12. The molecule has 0 unspecified atom stereocenters. The minimum Gasteiger partial charge on any atom is -0.368 e. The number of hydrogen-bond acceptors (Lipinski definition) is 5. The Morgan fingerprint density at radius 3 is 2.48 bits per heavy atom. The van der Waals surface area contributed by atoms with E-state index in [-0.39, 0.29) is 18.1 Å². The lowest BCUT2D eigenvalue weighted by Gasteiger charge is -2.36. The molecule has 3 rings (SSSR count). The maximum atomic E-state index is 12.6. The van der Waals surface area contributed by atoms with Crippen LogP contribution in [0, 0.1) is 10.1 Å². The van der Waals surface area contributed by atoms with E-state index in [9.17, 15) is 28.1 Å². The minimum absolute atomic E-state index is 0.00911. The topological polar surface area (TPSA) is 84.5 Å². The first-order chi connectivity index (χ1) is 12.7. The molecule has 27 heavy (non-hydrogen) atoms. The number of rotatable bonds is 4. The Labute approximate surface area is 151 Å². The molecule has 0 spiro atoms. The molecular formula is C16H16F3N5O3. The molecule has 1 fully saturated rings. The number of hydrogen-bond donors (Lipinski definition) is 0. The van der Waals surface area contributed by atoms with Crippen LogP contribution in [0.25, 0.3) is 0 Å². The van der Waals surface area contributed by atoms with Crippen LogP contribution >= 0.6 is 0 Å². The van der Waals surface area contributed by atoms with Gasteiger partial charge in [0.25, 0.3) is 5.69 Å². The second-order valence-electron chi connectivity index (χ2n) is 6.04. The largest absolute Gasteiger partial charge is 0.435 e. The highest BCUT2D eigenvalue weighted by molar-refractivity contribution is 5.76. The fourth-order valence-electron chi connectivity index (χ4n) is 2.86. The number of alkyl halides is 3. The fraction of sp³-hybridized carbons (Fsp3) is 0.375. The number of anilines is 1. The number of carbonyl (C=O) groups is 1. The van der Waals surface area contributed by atoms with Crippen molar-refractivity contribution in [2.24, 2.45) is 0 Å². The smallest absolute Gasteiger partial charge is 0.368 e. The molecule has 0 atom stereocenters. The van der Waals surface area contributed by atoms with Gasteiger partial charge in [0.2, 0.25) is 5.91 Å². The van der Waals surface area contributed by atoms with Crippen LogP contribution in [0.4, 0.5) is 24.5 Å². The fourth-order valence-corrected chi connectivity index (χ4v) is 2.86. The van der Waals surface area contributed by atoms with Crippen molar-refractivity contribution in [3.05, 3.63) is 52.3 Å². The number of nitrogens with zero attached hydrogens (tertiary/aromatic N) is 5. The van der Waals surface area contributed by atoms with Crippen LogP contribution < -0.4 is 4.90 Å². The minimum atomic E-state index is -4.54. The Balaban J connectivity index is 1.57. The van der Waals surface area contributed by atoms with Crippen LogP contribution in [0.2, 0.25) is 0 Å². The number of piperazine rings is 1. The number of benzene rings is 1. The van der Waals surface area contributed by atoms with Crippen molar-refractivity contribution >= 4 is 17.3 Å². The SMILES string of the molecule is O=C(Cn1ccc(C(F)(F)F)n1)N1CCN(c2cccc([N+](=O)[O-])c2)CC1. The Bertz CT molecular complexity index is 844. The van der Waals surface area contributed by atoms with Gasteiger partial charge in [-0.25, -0.2) is 0 Å². The van der Waals surface area contributed by atoms with E-state index >= 15 is 0 Å². The summed E-state index contributed by atoms with van der Waals surface area (Å²) in [6.07, 6.45) is -3.42. The van der Waals surface area contributed by atoms with E-state index in [0.29, 0.717) is 31.9 Å². The molecule has 8 nitrogen and oxygen atoms in total. The molecule has 1 aromatic heterocycles. The van der Waals surface area contributed by atoms with Gasteiger partial charge in [0.1, 0.15) is 6.54 Å². The first-order valence-corrected chi connectivity index (χ1v) is 8.12. The summed E-state index contributed by atoms with van der Waals surface area (Å²) in [5, 5.41) is 14.2. The van der Waals surface area contributed by atoms with Gasteiger partial charge in [-0.15, -0.1) is 0 Å². The Morgan fingerprint density at radius 2 is 1.89 bits per heavy atom. The van der Waals surface area contributed by atoms with E-state index in [2.05, 4.69) is 5.10 Å². The van der Waals surface area contributed by atoms with Gasteiger partial charge in [0, 0.05) is 50.2 Å². The van der Waals surface area contributed by atoms with Crippen LogP contribution in [-0.2, 0) is 17.5 Å². The normalized spacial score (nSPS) is 15.1. The van der Waals surface area contributed by atoms with Gasteiger partial charge in [-0.2, -0.15) is 18.3 Å². The third-order valence-electron chi connectivity index (χ3n) is 4.27. The summed E-state index contributed by atoms with van der Waals surface area (Å²) in [6.45, 7) is 1.41. The van der Waals surface area contributed by atoms with Gasteiger partial charge in [-0.3, -0.25) is 19.6 Å². The molecule has 1 aromatic carbocycles. The number of nitro benzene ring substituents is 1. The van der Waals surface area contributed by atoms with Crippen molar-refractivity contribution in [3.8, 4) is 0 Å². The van der Waals surface area contributed by atoms with E-state index in [4.69, 9.17) is 0 Å². The molecule has 1 aliphatic heterocycles. The van der Waals surface area contributed by atoms with Crippen molar-refractivity contribution in [2.75, 3.05) is 31.1 Å². The monoisotopic (exact) mass is 383 g/mol. The summed E-state index contributed by atoms with van der Waals surface area (Å²) in [7, 11) is 0. The molecule has 2 aromatic rings. The van der Waals surface area contributed by atoms with Crippen molar-refractivity contribution in [1.29, 1.82) is 0 Å². The average Bonchev–Trinajstić information content (AvgIpc) is 3.11. The molecule has 0 N–H and O–H groups in total. The lowest BCUT2D eigenvalue weighted by Crippen LogP contribution is -2.49. The van der Waals surface area contributed by atoms with Gasteiger partial charge in [-0.05, 0) is 12.1 Å². The number of aromatic nitrogens is 2. The summed E-state index contributed by atoms with van der Waals surface area (Å²) >= 11 is 0. The molecule has 1 aliphatic rings. The van der Waals surface area contributed by atoms with E-state index in [1.807, 2.05) is 4.90 Å². The van der Waals surface area contributed by atoms with E-state index in [1.165, 1.54) is 12.1 Å². The molecule has 0 aliphatic carbocycles. The lowest BCUT2D eigenvalue weighted by atomic mass is 10.2. The van der Waals surface area contributed by atoms with Crippen LogP contribution in [0.5, 0.6) is 0 Å². The van der Waals surface area contributed by atoms with Crippen LogP contribution in [-0.4, -0.2) is 51.7 Å². The highest BCUT2D eigenvalue weighted by atomic mass is 19.4. The summed E-state index contributed by atoms with van der Waals surface area (Å²) in [6, 6.07) is 7.06. The predicted molar refractivity (Wildman–Crippen MR) is 89.1 cm³/mol. The molecular weight excluding hydrogens is 367 g/mol. The quantitative estimate of drug-likeness (QED) is 0.597. The first kappa shape index (κ1) is 18.7. The Kier molecular flexibility index (Phi) is 5.02. The van der Waals surface area contributed by atoms with Crippen molar-refractivity contribution in [1.82, 2.24) is 14.7 Å². The zero-order valence-corrected chi connectivity index (χ0v) is 14.1. The maximum absolute atomic E-state index is 12.6. The number of non-ortho nitro benzene ring substituents is 1. The third-order valence-corrected chi connectivity index (χ3v) is 4.27. The van der Waals surface area contributed by atoms with Gasteiger partial charge in [0.15, 0.2) is 5.69 Å². The summed E-state index contributed by atoms with van der Waals surface area (Å²) < 4.78 is 38.6. The van der Waals surface area contributed by atoms with E-state index in [1.54, 1.807) is 17.0 Å². The standard InChI is InChI=1S/C16H16F3N5O3/c17-16(18,19)14-4-5-23(20-14)11-15(25)22-8-6-21(7-9-22)12-2-1-3-13(10-12)24(26)27/h1-5,10H,6-9,11H2.